The van der Waals surface area contributed by atoms with Crippen molar-refractivity contribution in [1.82, 2.24) is 0 Å². The molecule has 7 aromatic carbocycles. The van der Waals surface area contributed by atoms with Crippen LogP contribution in [0.3, 0.4) is 0 Å². The summed E-state index contributed by atoms with van der Waals surface area (Å²) in [6.07, 6.45) is 4.48. The molecule has 44 heavy (non-hydrogen) atoms. The van der Waals surface area contributed by atoms with Gasteiger partial charge in [0.2, 0.25) is 0 Å². The number of hydrogen-bond donors (Lipinski definition) is 1. The standard InChI is InChI=1S/C41H28N2S/c1-2-9-31(10-3-1)43(38-13-6-14-39-40(38)36-12-7-25-42-41(36)44-39)32-21-17-27(18-22-32)30-16-15-29-20-23-34-33-11-5-4-8-28(33)19-24-35(34)37(29)26-30/h1-24,26,42H,25H2. The van der Waals surface area contributed by atoms with Gasteiger partial charge in [-0.3, -0.25) is 0 Å². The van der Waals surface area contributed by atoms with E-state index in [-0.39, 0.29) is 0 Å². The molecule has 0 unspecified atom stereocenters. The molecule has 9 rings (SSSR count). The van der Waals surface area contributed by atoms with Gasteiger partial charge in [-0.1, -0.05) is 109 Å². The molecule has 208 valence electrons. The van der Waals surface area contributed by atoms with Crippen molar-refractivity contribution >= 4 is 81.9 Å². The van der Waals surface area contributed by atoms with Crippen LogP contribution in [0.25, 0.3) is 59.6 Å². The number of fused-ring (bicyclic) bond motifs is 8. The second-order valence-corrected chi connectivity index (χ2v) is 12.4. The van der Waals surface area contributed by atoms with Gasteiger partial charge in [0.25, 0.3) is 0 Å². The average Bonchev–Trinajstić information content (AvgIpc) is 3.48. The zero-order valence-electron chi connectivity index (χ0n) is 24.0. The summed E-state index contributed by atoms with van der Waals surface area (Å²) in [4.78, 5) is 2.39. The lowest BCUT2D eigenvalue weighted by molar-refractivity contribution is 1.30. The first-order chi connectivity index (χ1) is 21.8. The molecule has 0 fully saturated rings. The first-order valence-corrected chi connectivity index (χ1v) is 15.9. The second-order valence-electron chi connectivity index (χ2n) is 11.4. The third-order valence-electron chi connectivity index (χ3n) is 8.85. The minimum Gasteiger partial charge on any atom is -0.373 e. The van der Waals surface area contributed by atoms with Crippen molar-refractivity contribution in [1.29, 1.82) is 0 Å². The fourth-order valence-corrected chi connectivity index (χ4v) is 7.88. The van der Waals surface area contributed by atoms with Crippen molar-refractivity contribution in [2.75, 3.05) is 16.8 Å². The lowest BCUT2D eigenvalue weighted by atomic mass is 9.94. The molecule has 0 saturated heterocycles. The molecule has 0 amide bonds. The second kappa shape index (κ2) is 10.1. The molecule has 8 aromatic rings. The minimum absolute atomic E-state index is 0.875. The molecular formula is C41H28N2S. The summed E-state index contributed by atoms with van der Waals surface area (Å²) in [6, 6.07) is 50.9. The average molecular weight is 581 g/mol. The molecule has 2 nitrogen and oxygen atoms in total. The van der Waals surface area contributed by atoms with Gasteiger partial charge in [-0.05, 0) is 85.9 Å². The third-order valence-corrected chi connectivity index (χ3v) is 9.98. The maximum absolute atomic E-state index is 3.57. The SMILES string of the molecule is C1=Cc2c(sc3cccc(N(c4ccccc4)c4ccc(-c5ccc6ccc7c8ccccc8ccc7c6c5)cc4)c23)NC1. The fourth-order valence-electron chi connectivity index (χ4n) is 6.76. The molecule has 1 aromatic heterocycles. The van der Waals surface area contributed by atoms with E-state index < -0.39 is 0 Å². The Hall–Kier alpha value is -5.38. The number of nitrogens with zero attached hydrogens (tertiary/aromatic N) is 1. The molecule has 2 heterocycles. The summed E-state index contributed by atoms with van der Waals surface area (Å²) in [5.41, 5.74) is 7.18. The predicted octanol–water partition coefficient (Wildman–Crippen LogP) is 11.9. The predicted molar refractivity (Wildman–Crippen MR) is 192 cm³/mol. The molecular weight excluding hydrogens is 553 g/mol. The van der Waals surface area contributed by atoms with Crippen LogP contribution < -0.4 is 10.2 Å². The van der Waals surface area contributed by atoms with E-state index in [9.17, 15) is 0 Å². The highest BCUT2D eigenvalue weighted by Crippen LogP contribution is 2.47. The molecule has 0 spiro atoms. The Morgan fingerprint density at radius 3 is 2.11 bits per heavy atom. The quantitative estimate of drug-likeness (QED) is 0.208. The van der Waals surface area contributed by atoms with Crippen molar-refractivity contribution in [3.63, 3.8) is 0 Å². The minimum atomic E-state index is 0.875. The normalized spacial score (nSPS) is 12.5. The Morgan fingerprint density at radius 1 is 0.545 bits per heavy atom. The number of benzene rings is 7. The number of nitrogens with one attached hydrogen (secondary N) is 1. The van der Waals surface area contributed by atoms with Crippen molar-refractivity contribution in [3.05, 3.63) is 151 Å². The Labute approximate surface area is 260 Å². The van der Waals surface area contributed by atoms with Gasteiger partial charge in [-0.15, -0.1) is 11.3 Å². The monoisotopic (exact) mass is 580 g/mol. The Balaban J connectivity index is 1.17. The molecule has 0 bridgehead atoms. The first kappa shape index (κ1) is 25.1. The maximum Gasteiger partial charge on any atom is 0.0971 e. The zero-order valence-corrected chi connectivity index (χ0v) is 24.8. The Morgan fingerprint density at radius 2 is 1.25 bits per heavy atom. The van der Waals surface area contributed by atoms with Crippen LogP contribution in [-0.2, 0) is 0 Å². The number of rotatable bonds is 4. The van der Waals surface area contributed by atoms with Crippen molar-refractivity contribution in [3.8, 4) is 11.1 Å². The molecule has 0 aliphatic carbocycles. The molecule has 1 aliphatic rings. The van der Waals surface area contributed by atoms with E-state index in [1.54, 1.807) is 0 Å². The summed E-state index contributed by atoms with van der Waals surface area (Å²) in [6.45, 7) is 0.875. The van der Waals surface area contributed by atoms with Crippen LogP contribution in [0.4, 0.5) is 22.1 Å². The summed E-state index contributed by atoms with van der Waals surface area (Å²) in [7, 11) is 0. The smallest absolute Gasteiger partial charge is 0.0971 e. The van der Waals surface area contributed by atoms with E-state index in [1.807, 2.05) is 11.3 Å². The molecule has 1 aliphatic heterocycles. The van der Waals surface area contributed by atoms with Gasteiger partial charge in [-0.25, -0.2) is 0 Å². The summed E-state index contributed by atoms with van der Waals surface area (Å²) in [5, 5.41) is 13.8. The highest BCUT2D eigenvalue weighted by molar-refractivity contribution is 7.23. The maximum atomic E-state index is 3.57. The third kappa shape index (κ3) is 4.01. The number of thiophene rings is 1. The van der Waals surface area contributed by atoms with Gasteiger partial charge in [0.1, 0.15) is 0 Å². The lowest BCUT2D eigenvalue weighted by Gasteiger charge is -2.27. The molecule has 0 atom stereocenters. The topological polar surface area (TPSA) is 15.3 Å². The van der Waals surface area contributed by atoms with Crippen molar-refractivity contribution in [2.45, 2.75) is 0 Å². The number of hydrogen-bond acceptors (Lipinski definition) is 3. The molecule has 0 radical (unpaired) electrons. The summed E-state index contributed by atoms with van der Waals surface area (Å²) >= 11 is 1.83. The molecule has 3 heteroatoms. The summed E-state index contributed by atoms with van der Waals surface area (Å²) < 4.78 is 1.29. The van der Waals surface area contributed by atoms with E-state index in [2.05, 4.69) is 162 Å². The van der Waals surface area contributed by atoms with Gasteiger partial charge in [0.05, 0.1) is 10.7 Å². The van der Waals surface area contributed by atoms with Gasteiger partial charge >= 0.3 is 0 Å². The van der Waals surface area contributed by atoms with Crippen LogP contribution in [0.1, 0.15) is 5.56 Å². The van der Waals surface area contributed by atoms with Crippen LogP contribution in [0.2, 0.25) is 0 Å². The van der Waals surface area contributed by atoms with E-state index in [0.29, 0.717) is 0 Å². The largest absolute Gasteiger partial charge is 0.373 e. The van der Waals surface area contributed by atoms with E-state index in [0.717, 1.165) is 17.9 Å². The molecule has 0 saturated carbocycles. The fraction of sp³-hybridized carbons (Fsp3) is 0.0244. The van der Waals surface area contributed by atoms with Crippen molar-refractivity contribution < 1.29 is 0 Å². The van der Waals surface area contributed by atoms with Crippen molar-refractivity contribution in [2.24, 2.45) is 0 Å². The van der Waals surface area contributed by atoms with Gasteiger partial charge in [0.15, 0.2) is 0 Å². The van der Waals surface area contributed by atoms with E-state index >= 15 is 0 Å². The highest BCUT2D eigenvalue weighted by atomic mass is 32.1. The van der Waals surface area contributed by atoms with Gasteiger partial charge < -0.3 is 10.2 Å². The summed E-state index contributed by atoms with van der Waals surface area (Å²) in [5.74, 6) is 0. The lowest BCUT2D eigenvalue weighted by Crippen LogP contribution is -2.10. The van der Waals surface area contributed by atoms with Crippen LogP contribution in [-0.4, -0.2) is 6.54 Å². The number of para-hydroxylation sites is 1. The van der Waals surface area contributed by atoms with E-state index in [1.165, 1.54) is 69.8 Å². The molecule has 1 N–H and O–H groups in total. The number of anilines is 4. The Bertz CT molecular complexity index is 2380. The van der Waals surface area contributed by atoms with Crippen LogP contribution in [0.5, 0.6) is 0 Å². The van der Waals surface area contributed by atoms with Crippen LogP contribution >= 0.6 is 11.3 Å². The van der Waals surface area contributed by atoms with Gasteiger partial charge in [0, 0.05) is 33.6 Å². The first-order valence-electron chi connectivity index (χ1n) is 15.1. The highest BCUT2D eigenvalue weighted by Gasteiger charge is 2.21. The zero-order chi connectivity index (χ0) is 29.0. The van der Waals surface area contributed by atoms with Gasteiger partial charge in [-0.2, -0.15) is 0 Å². The van der Waals surface area contributed by atoms with Crippen LogP contribution in [0, 0.1) is 0 Å². The van der Waals surface area contributed by atoms with Crippen LogP contribution in [0.15, 0.2) is 146 Å². The Kier molecular flexibility index (Phi) is 5.78. The van der Waals surface area contributed by atoms with E-state index in [4.69, 9.17) is 0 Å².